The Bertz CT molecular complexity index is 429. The first-order chi connectivity index (χ1) is 8.25. The van der Waals surface area contributed by atoms with Gasteiger partial charge < -0.3 is 5.73 Å². The molecule has 1 heterocycles. The highest BCUT2D eigenvalue weighted by Crippen LogP contribution is 2.45. The van der Waals surface area contributed by atoms with Crippen molar-refractivity contribution in [2.24, 2.45) is 17.6 Å². The summed E-state index contributed by atoms with van der Waals surface area (Å²) in [5.74, 6) is 0.605. The van der Waals surface area contributed by atoms with Crippen molar-refractivity contribution in [2.75, 3.05) is 0 Å². The molecule has 1 saturated carbocycles. The van der Waals surface area contributed by atoms with Gasteiger partial charge in [0.05, 0.1) is 5.54 Å². The maximum atomic E-state index is 12.6. The highest BCUT2D eigenvalue weighted by Gasteiger charge is 2.43. The Morgan fingerprint density at radius 3 is 2.67 bits per heavy atom. The van der Waals surface area contributed by atoms with E-state index in [1.165, 1.54) is 6.20 Å². The molecule has 3 unspecified atom stereocenters. The molecule has 1 fully saturated rings. The number of thiazole rings is 1. The number of alkyl halides is 3. The lowest BCUT2D eigenvalue weighted by molar-refractivity contribution is -0.137. The molecule has 0 bridgehead atoms. The quantitative estimate of drug-likeness (QED) is 0.849. The van der Waals surface area contributed by atoms with Gasteiger partial charge in [-0.25, -0.2) is 4.98 Å². The predicted octanol–water partition coefficient (Wildman–Crippen LogP) is 3.77. The Hall–Kier alpha value is -0.620. The van der Waals surface area contributed by atoms with Gasteiger partial charge in [-0.1, -0.05) is 26.7 Å². The van der Waals surface area contributed by atoms with Crippen molar-refractivity contribution in [1.29, 1.82) is 0 Å². The summed E-state index contributed by atoms with van der Waals surface area (Å²) in [6.07, 6.45) is -0.283. The van der Waals surface area contributed by atoms with E-state index in [1.54, 1.807) is 0 Å². The van der Waals surface area contributed by atoms with Crippen molar-refractivity contribution < 1.29 is 13.2 Å². The van der Waals surface area contributed by atoms with Crippen LogP contribution in [0.4, 0.5) is 13.2 Å². The van der Waals surface area contributed by atoms with Gasteiger partial charge in [-0.05, 0) is 18.3 Å². The van der Waals surface area contributed by atoms with Gasteiger partial charge in [0.25, 0.3) is 0 Å². The fraction of sp³-hybridized carbons (Fsp3) is 0.750. The highest BCUT2D eigenvalue weighted by atomic mass is 32.1. The maximum Gasteiger partial charge on any atom is 0.443 e. The molecule has 6 heteroatoms. The van der Waals surface area contributed by atoms with Crippen molar-refractivity contribution in [3.63, 3.8) is 0 Å². The third-order valence-electron chi connectivity index (χ3n) is 4.12. The van der Waals surface area contributed by atoms with E-state index < -0.39 is 16.7 Å². The fourth-order valence-corrected chi connectivity index (χ4v) is 3.68. The Morgan fingerprint density at radius 1 is 1.44 bits per heavy atom. The summed E-state index contributed by atoms with van der Waals surface area (Å²) in [6, 6.07) is 0. The van der Waals surface area contributed by atoms with E-state index in [4.69, 9.17) is 5.73 Å². The molecule has 2 N–H and O–H groups in total. The van der Waals surface area contributed by atoms with Crippen molar-refractivity contribution in [1.82, 2.24) is 4.98 Å². The van der Waals surface area contributed by atoms with E-state index in [1.807, 2.05) is 6.92 Å². The monoisotopic (exact) mass is 278 g/mol. The number of halogens is 3. The zero-order valence-electron chi connectivity index (χ0n) is 10.4. The molecule has 0 amide bonds. The van der Waals surface area contributed by atoms with Gasteiger partial charge in [0.2, 0.25) is 0 Å². The Labute approximate surface area is 108 Å². The summed E-state index contributed by atoms with van der Waals surface area (Å²) in [6.45, 7) is 4.13. The summed E-state index contributed by atoms with van der Waals surface area (Å²) < 4.78 is 37.7. The molecular weight excluding hydrogens is 261 g/mol. The van der Waals surface area contributed by atoms with E-state index in [9.17, 15) is 13.2 Å². The van der Waals surface area contributed by atoms with E-state index in [0.717, 1.165) is 19.3 Å². The number of nitrogens with two attached hydrogens (primary N) is 1. The maximum absolute atomic E-state index is 12.6. The van der Waals surface area contributed by atoms with Crippen LogP contribution >= 0.6 is 11.3 Å². The summed E-state index contributed by atoms with van der Waals surface area (Å²) in [5, 5.41) is -0.798. The molecule has 2 rings (SSSR count). The van der Waals surface area contributed by atoms with Gasteiger partial charge in [-0.15, -0.1) is 11.3 Å². The van der Waals surface area contributed by atoms with Crippen LogP contribution < -0.4 is 5.73 Å². The summed E-state index contributed by atoms with van der Waals surface area (Å²) in [7, 11) is 0. The van der Waals surface area contributed by atoms with Gasteiger partial charge in [-0.3, -0.25) is 0 Å². The average molecular weight is 278 g/mol. The van der Waals surface area contributed by atoms with Crippen LogP contribution in [-0.4, -0.2) is 4.98 Å². The van der Waals surface area contributed by atoms with Crippen LogP contribution in [0.5, 0.6) is 0 Å². The van der Waals surface area contributed by atoms with E-state index in [-0.39, 0.29) is 5.92 Å². The molecule has 0 saturated heterocycles. The molecule has 1 aliphatic carbocycles. The third kappa shape index (κ3) is 2.28. The number of nitrogens with zero attached hydrogens (tertiary/aromatic N) is 1. The molecule has 102 valence electrons. The normalized spacial score (nSPS) is 33.7. The molecule has 1 aromatic rings. The van der Waals surface area contributed by atoms with Crippen LogP contribution in [0.2, 0.25) is 0 Å². The van der Waals surface area contributed by atoms with Gasteiger partial charge in [0.1, 0.15) is 0 Å². The highest BCUT2D eigenvalue weighted by molar-refractivity contribution is 7.11. The minimum absolute atomic E-state index is 0.174. The lowest BCUT2D eigenvalue weighted by Gasteiger charge is -2.42. The minimum atomic E-state index is -4.37. The number of hydrogen-bond donors (Lipinski definition) is 1. The molecule has 3 atom stereocenters. The number of hydrogen-bond acceptors (Lipinski definition) is 3. The van der Waals surface area contributed by atoms with E-state index in [0.29, 0.717) is 22.1 Å². The topological polar surface area (TPSA) is 38.9 Å². The van der Waals surface area contributed by atoms with Crippen molar-refractivity contribution in [2.45, 2.75) is 44.8 Å². The van der Waals surface area contributed by atoms with Crippen LogP contribution in [0.1, 0.15) is 43.0 Å². The van der Waals surface area contributed by atoms with Gasteiger partial charge in [0.15, 0.2) is 5.01 Å². The molecule has 0 aromatic carbocycles. The zero-order valence-corrected chi connectivity index (χ0v) is 11.2. The summed E-state index contributed by atoms with van der Waals surface area (Å²) in [5.41, 5.74) is 5.72. The van der Waals surface area contributed by atoms with Gasteiger partial charge in [0, 0.05) is 11.1 Å². The van der Waals surface area contributed by atoms with E-state index >= 15 is 0 Å². The lowest BCUT2D eigenvalue weighted by Crippen LogP contribution is -2.47. The summed E-state index contributed by atoms with van der Waals surface area (Å²) in [4.78, 5) is 4.04. The molecule has 1 aliphatic rings. The van der Waals surface area contributed by atoms with Crippen molar-refractivity contribution in [3.8, 4) is 0 Å². The molecule has 2 nitrogen and oxygen atoms in total. The second kappa shape index (κ2) is 4.49. The molecule has 18 heavy (non-hydrogen) atoms. The number of aromatic nitrogens is 1. The average Bonchev–Trinajstić information content (AvgIpc) is 2.75. The molecule has 1 aromatic heterocycles. The largest absolute Gasteiger partial charge is 0.443 e. The standard InChI is InChI=1S/C12H17F3N2S/c1-7-4-3-5-11(16,8(7)2)9-6-17-10(18-9)12(13,14)15/h6-8H,3-5,16H2,1-2H3. The SMILES string of the molecule is CC1CCCC(N)(c2cnc(C(F)(F)F)s2)C1C. The Morgan fingerprint density at radius 2 is 2.11 bits per heavy atom. The third-order valence-corrected chi connectivity index (χ3v) is 5.36. The van der Waals surface area contributed by atoms with E-state index in [2.05, 4.69) is 11.9 Å². The van der Waals surface area contributed by atoms with Crippen LogP contribution in [0.15, 0.2) is 6.20 Å². The second-order valence-electron chi connectivity index (χ2n) is 5.23. The van der Waals surface area contributed by atoms with Gasteiger partial charge in [-0.2, -0.15) is 13.2 Å². The predicted molar refractivity (Wildman–Crippen MR) is 65.2 cm³/mol. The number of rotatable bonds is 1. The smallest absolute Gasteiger partial charge is 0.320 e. The molecule has 0 spiro atoms. The fourth-order valence-electron chi connectivity index (χ4n) is 2.67. The van der Waals surface area contributed by atoms with Crippen LogP contribution in [-0.2, 0) is 11.7 Å². The summed E-state index contributed by atoms with van der Waals surface area (Å²) >= 11 is 0.690. The Kier molecular flexibility index (Phi) is 3.44. The molecular formula is C12H17F3N2S. The van der Waals surface area contributed by atoms with Crippen LogP contribution in [0.3, 0.4) is 0 Å². The van der Waals surface area contributed by atoms with Crippen LogP contribution in [0, 0.1) is 11.8 Å². The molecule has 0 aliphatic heterocycles. The zero-order chi connectivity index (χ0) is 13.6. The van der Waals surface area contributed by atoms with Crippen molar-refractivity contribution in [3.05, 3.63) is 16.1 Å². The van der Waals surface area contributed by atoms with Crippen molar-refractivity contribution >= 4 is 11.3 Å². The second-order valence-corrected chi connectivity index (χ2v) is 6.26. The first-order valence-electron chi connectivity index (χ1n) is 6.07. The first-order valence-corrected chi connectivity index (χ1v) is 6.89. The first kappa shape index (κ1) is 13.8. The lowest BCUT2D eigenvalue weighted by atomic mass is 9.68. The molecule has 0 radical (unpaired) electrons. The van der Waals surface area contributed by atoms with Gasteiger partial charge >= 0.3 is 6.18 Å². The van der Waals surface area contributed by atoms with Crippen LogP contribution in [0.25, 0.3) is 0 Å². The minimum Gasteiger partial charge on any atom is -0.320 e. The Balaban J connectivity index is 2.32.